The van der Waals surface area contributed by atoms with Crippen molar-refractivity contribution in [2.24, 2.45) is 5.10 Å². The van der Waals surface area contributed by atoms with Crippen molar-refractivity contribution in [2.45, 2.75) is 33.6 Å². The number of anilines is 2. The van der Waals surface area contributed by atoms with Gasteiger partial charge in [0.25, 0.3) is 5.88 Å². The molecule has 1 N–H and O–H groups in total. The van der Waals surface area contributed by atoms with Gasteiger partial charge in [-0.2, -0.15) is 14.5 Å². The van der Waals surface area contributed by atoms with Crippen LogP contribution in [0.5, 0.6) is 5.88 Å². The van der Waals surface area contributed by atoms with Crippen LogP contribution in [-0.4, -0.2) is 55.5 Å². The predicted molar refractivity (Wildman–Crippen MR) is 132 cm³/mol. The minimum Gasteiger partial charge on any atom is -0.498 e. The SMILES string of the molecule is CCCN(CCC)c1cc(N/N=C/c2cccc(C)c2)nc(OCCN2C=COCC2)c1F. The Morgan fingerprint density at radius 1 is 1.27 bits per heavy atom. The average Bonchev–Trinajstić information content (AvgIpc) is 2.81. The fourth-order valence-corrected chi connectivity index (χ4v) is 3.58. The highest BCUT2D eigenvalue weighted by Gasteiger charge is 2.19. The second-order valence-corrected chi connectivity index (χ2v) is 7.96. The summed E-state index contributed by atoms with van der Waals surface area (Å²) >= 11 is 0. The third kappa shape index (κ3) is 7.37. The molecule has 0 spiro atoms. The highest BCUT2D eigenvalue weighted by atomic mass is 19.1. The molecule has 1 aromatic heterocycles. The maximum Gasteiger partial charge on any atom is 0.254 e. The van der Waals surface area contributed by atoms with E-state index in [2.05, 4.69) is 34.3 Å². The summed E-state index contributed by atoms with van der Waals surface area (Å²) in [6, 6.07) is 9.72. The van der Waals surface area contributed by atoms with Crippen LogP contribution in [0.15, 0.2) is 47.9 Å². The van der Waals surface area contributed by atoms with Gasteiger partial charge in [0, 0.05) is 25.4 Å². The van der Waals surface area contributed by atoms with Crippen molar-refractivity contribution >= 4 is 17.7 Å². The molecule has 1 aliphatic heterocycles. The Balaban J connectivity index is 1.79. The van der Waals surface area contributed by atoms with Crippen molar-refractivity contribution in [1.82, 2.24) is 9.88 Å². The molecule has 8 heteroatoms. The third-order valence-corrected chi connectivity index (χ3v) is 5.15. The summed E-state index contributed by atoms with van der Waals surface area (Å²) in [6.45, 7) is 10.0. The van der Waals surface area contributed by atoms with Gasteiger partial charge in [-0.15, -0.1) is 0 Å². The zero-order chi connectivity index (χ0) is 23.5. The molecule has 2 aromatic rings. The standard InChI is InChI=1S/C25H34FN5O2/c1-4-9-31(10-5-2)22-18-23(29-27-19-21-8-6-7-20(3)17-21)28-25(24(22)26)33-16-13-30-11-14-32-15-12-30/h6-8,11,14,17-19H,4-5,9-10,12-13,15-16H2,1-3H3,(H,28,29)/b27-19+. The lowest BCUT2D eigenvalue weighted by Gasteiger charge is -2.26. The van der Waals surface area contributed by atoms with E-state index in [-0.39, 0.29) is 5.88 Å². The number of nitrogens with zero attached hydrogens (tertiary/aromatic N) is 4. The number of hydrogen-bond donors (Lipinski definition) is 1. The normalized spacial score (nSPS) is 13.3. The number of benzene rings is 1. The third-order valence-electron chi connectivity index (χ3n) is 5.15. The molecule has 0 saturated heterocycles. The van der Waals surface area contributed by atoms with Crippen LogP contribution >= 0.6 is 0 Å². The van der Waals surface area contributed by atoms with Crippen LogP contribution < -0.4 is 15.1 Å². The molecule has 0 atom stereocenters. The summed E-state index contributed by atoms with van der Waals surface area (Å²) in [5.74, 6) is -0.0217. The first-order valence-electron chi connectivity index (χ1n) is 11.6. The molecule has 7 nitrogen and oxygen atoms in total. The molecule has 0 radical (unpaired) electrons. The number of aromatic nitrogens is 1. The Kier molecular flexibility index (Phi) is 9.35. The predicted octanol–water partition coefficient (Wildman–Crippen LogP) is 4.78. The van der Waals surface area contributed by atoms with Crippen molar-refractivity contribution in [3.05, 3.63) is 59.7 Å². The minimum atomic E-state index is -0.442. The van der Waals surface area contributed by atoms with Gasteiger partial charge in [-0.25, -0.2) is 0 Å². The number of aryl methyl sites for hydroxylation is 1. The Labute approximate surface area is 195 Å². The van der Waals surface area contributed by atoms with Crippen LogP contribution in [0.1, 0.15) is 37.8 Å². The van der Waals surface area contributed by atoms with Gasteiger partial charge in [-0.05, 0) is 25.3 Å². The van der Waals surface area contributed by atoms with E-state index in [0.29, 0.717) is 31.3 Å². The zero-order valence-corrected chi connectivity index (χ0v) is 19.8. The van der Waals surface area contributed by atoms with E-state index in [9.17, 15) is 0 Å². The molecule has 0 aliphatic carbocycles. The van der Waals surface area contributed by atoms with Crippen molar-refractivity contribution in [1.29, 1.82) is 0 Å². The number of hydrazone groups is 1. The second-order valence-electron chi connectivity index (χ2n) is 7.96. The van der Waals surface area contributed by atoms with E-state index >= 15 is 4.39 Å². The largest absolute Gasteiger partial charge is 0.498 e. The second kappa shape index (κ2) is 12.7. The fraction of sp³-hybridized carbons (Fsp3) is 0.440. The molecule has 33 heavy (non-hydrogen) atoms. The van der Waals surface area contributed by atoms with Gasteiger partial charge in [0.15, 0.2) is 5.82 Å². The molecule has 3 rings (SSSR count). The smallest absolute Gasteiger partial charge is 0.254 e. The summed E-state index contributed by atoms with van der Waals surface area (Å²) in [5.41, 5.74) is 5.55. The molecule has 1 aliphatic rings. The first-order valence-corrected chi connectivity index (χ1v) is 11.6. The van der Waals surface area contributed by atoms with Crippen LogP contribution in [0.4, 0.5) is 15.9 Å². The molecule has 0 fully saturated rings. The Morgan fingerprint density at radius 3 is 2.79 bits per heavy atom. The maximum atomic E-state index is 15.4. The van der Waals surface area contributed by atoms with Crippen molar-refractivity contribution < 1.29 is 13.9 Å². The molecule has 178 valence electrons. The van der Waals surface area contributed by atoms with E-state index in [1.54, 1.807) is 18.5 Å². The van der Waals surface area contributed by atoms with Gasteiger partial charge in [-0.1, -0.05) is 43.7 Å². The van der Waals surface area contributed by atoms with Gasteiger partial charge < -0.3 is 19.3 Å². The summed E-state index contributed by atoms with van der Waals surface area (Å²) in [7, 11) is 0. The zero-order valence-electron chi connectivity index (χ0n) is 19.8. The summed E-state index contributed by atoms with van der Waals surface area (Å²) < 4.78 is 26.4. The maximum absolute atomic E-state index is 15.4. The lowest BCUT2D eigenvalue weighted by molar-refractivity contribution is 0.155. The summed E-state index contributed by atoms with van der Waals surface area (Å²) in [4.78, 5) is 8.46. The first kappa shape index (κ1) is 24.4. The number of rotatable bonds is 12. The molecular weight excluding hydrogens is 421 g/mol. The Hall–Kier alpha value is -3.29. The van der Waals surface area contributed by atoms with Crippen LogP contribution in [0.2, 0.25) is 0 Å². The quantitative estimate of drug-likeness (QED) is 0.367. The molecule has 0 bridgehead atoms. The number of nitrogens with one attached hydrogen (secondary N) is 1. The summed E-state index contributed by atoms with van der Waals surface area (Å²) in [5, 5.41) is 4.30. The molecule has 2 heterocycles. The van der Waals surface area contributed by atoms with Crippen molar-refractivity contribution in [3.63, 3.8) is 0 Å². The fourth-order valence-electron chi connectivity index (χ4n) is 3.58. The molecule has 1 aromatic carbocycles. The van der Waals surface area contributed by atoms with Gasteiger partial charge in [-0.3, -0.25) is 5.43 Å². The molecular formula is C25H34FN5O2. The summed E-state index contributed by atoms with van der Waals surface area (Å²) in [6.07, 6.45) is 7.07. The highest BCUT2D eigenvalue weighted by molar-refractivity contribution is 5.80. The van der Waals surface area contributed by atoms with Gasteiger partial charge in [0.2, 0.25) is 5.82 Å². The van der Waals surface area contributed by atoms with Crippen molar-refractivity contribution in [3.8, 4) is 5.88 Å². The van der Waals surface area contributed by atoms with Crippen LogP contribution in [0.3, 0.4) is 0 Å². The molecule has 0 saturated carbocycles. The topological polar surface area (TPSA) is 62.2 Å². The Morgan fingerprint density at radius 2 is 2.09 bits per heavy atom. The number of ether oxygens (including phenoxy) is 2. The number of pyridine rings is 1. The van der Waals surface area contributed by atoms with Gasteiger partial charge in [0.05, 0.1) is 31.3 Å². The number of halogens is 1. The van der Waals surface area contributed by atoms with E-state index in [1.807, 2.05) is 42.3 Å². The van der Waals surface area contributed by atoms with Gasteiger partial charge >= 0.3 is 0 Å². The van der Waals surface area contributed by atoms with E-state index in [4.69, 9.17) is 9.47 Å². The van der Waals surface area contributed by atoms with Crippen LogP contribution in [0.25, 0.3) is 0 Å². The van der Waals surface area contributed by atoms with Crippen molar-refractivity contribution in [2.75, 3.05) is 49.7 Å². The first-order chi connectivity index (χ1) is 16.1. The van der Waals surface area contributed by atoms with Crippen LogP contribution in [-0.2, 0) is 4.74 Å². The highest BCUT2D eigenvalue weighted by Crippen LogP contribution is 2.30. The number of hydrogen-bond acceptors (Lipinski definition) is 7. The van der Waals surface area contributed by atoms with Crippen LogP contribution in [0, 0.1) is 12.7 Å². The monoisotopic (exact) mass is 455 g/mol. The van der Waals surface area contributed by atoms with E-state index in [0.717, 1.165) is 43.6 Å². The molecule has 0 unspecified atom stereocenters. The lowest BCUT2D eigenvalue weighted by Crippen LogP contribution is -2.29. The van der Waals surface area contributed by atoms with E-state index in [1.165, 1.54) is 0 Å². The van der Waals surface area contributed by atoms with Gasteiger partial charge in [0.1, 0.15) is 13.2 Å². The minimum absolute atomic E-state index is 0.0183. The lowest BCUT2D eigenvalue weighted by atomic mass is 10.2. The average molecular weight is 456 g/mol. The Bertz CT molecular complexity index is 944. The van der Waals surface area contributed by atoms with E-state index < -0.39 is 5.82 Å². The molecule has 0 amide bonds.